The van der Waals surface area contributed by atoms with Crippen molar-refractivity contribution in [2.75, 3.05) is 13.2 Å². The van der Waals surface area contributed by atoms with Crippen molar-refractivity contribution in [1.29, 1.82) is 0 Å². The van der Waals surface area contributed by atoms with Crippen LogP contribution in [0.3, 0.4) is 0 Å². The fraction of sp³-hybridized carbons (Fsp3) is 0.868. The molecule has 0 fully saturated rings. The molecule has 0 saturated carbocycles. The van der Waals surface area contributed by atoms with Gasteiger partial charge in [0.25, 0.3) is 0 Å². The van der Waals surface area contributed by atoms with Gasteiger partial charge < -0.3 is 14.2 Å². The number of hydrogen-bond acceptors (Lipinski definition) is 6. The Labute approximate surface area is 461 Å². The number of hydrogen-bond donors (Lipinski definition) is 0. The lowest BCUT2D eigenvalue weighted by molar-refractivity contribution is -0.167. The molecule has 0 aromatic rings. The topological polar surface area (TPSA) is 78.9 Å². The lowest BCUT2D eigenvalue weighted by Gasteiger charge is -2.18. The van der Waals surface area contributed by atoms with Crippen LogP contribution in [-0.2, 0) is 28.6 Å². The Hall–Kier alpha value is -2.37. The van der Waals surface area contributed by atoms with Gasteiger partial charge in [0.15, 0.2) is 6.10 Å². The normalized spacial score (nSPS) is 12.2. The summed E-state index contributed by atoms with van der Waals surface area (Å²) in [6.45, 7) is 6.62. The van der Waals surface area contributed by atoms with Gasteiger partial charge in [-0.2, -0.15) is 0 Å². The molecule has 6 nitrogen and oxygen atoms in total. The van der Waals surface area contributed by atoms with Crippen molar-refractivity contribution in [3.63, 3.8) is 0 Å². The quantitative estimate of drug-likeness (QED) is 0.0261. The lowest BCUT2D eigenvalue weighted by Crippen LogP contribution is -2.30. The first kappa shape index (κ1) is 71.6. The zero-order chi connectivity index (χ0) is 53.6. The summed E-state index contributed by atoms with van der Waals surface area (Å²) in [6.07, 6.45) is 77.7. The molecule has 0 amide bonds. The number of allylic oxidation sites excluding steroid dienone is 6. The molecule has 6 heteroatoms. The van der Waals surface area contributed by atoms with Crippen LogP contribution in [-0.4, -0.2) is 37.2 Å². The van der Waals surface area contributed by atoms with Crippen molar-refractivity contribution in [3.8, 4) is 0 Å². The van der Waals surface area contributed by atoms with Crippen molar-refractivity contribution in [1.82, 2.24) is 0 Å². The van der Waals surface area contributed by atoms with E-state index in [-0.39, 0.29) is 31.1 Å². The molecule has 0 aliphatic carbocycles. The van der Waals surface area contributed by atoms with Gasteiger partial charge in [-0.25, -0.2) is 0 Å². The molecular weight excluding hydrogens is 913 g/mol. The first-order chi connectivity index (χ1) is 36.5. The summed E-state index contributed by atoms with van der Waals surface area (Å²) in [7, 11) is 0. The average molecular weight is 1040 g/mol. The first-order valence-corrected chi connectivity index (χ1v) is 33.0. The van der Waals surface area contributed by atoms with Gasteiger partial charge in [-0.05, 0) is 77.0 Å². The van der Waals surface area contributed by atoms with E-state index < -0.39 is 6.10 Å². The van der Waals surface area contributed by atoms with Crippen LogP contribution in [0.25, 0.3) is 0 Å². The van der Waals surface area contributed by atoms with Crippen LogP contribution in [0.15, 0.2) is 36.5 Å². The van der Waals surface area contributed by atoms with Crippen LogP contribution in [0.2, 0.25) is 0 Å². The Bertz CT molecular complexity index is 1240. The van der Waals surface area contributed by atoms with E-state index >= 15 is 0 Å². The maximum absolute atomic E-state index is 12.9. The number of carbonyl (C=O) groups is 3. The summed E-state index contributed by atoms with van der Waals surface area (Å²) in [4.78, 5) is 38.0. The van der Waals surface area contributed by atoms with E-state index in [1.165, 1.54) is 257 Å². The van der Waals surface area contributed by atoms with Crippen LogP contribution in [0.1, 0.15) is 361 Å². The number of unbranched alkanes of at least 4 members (excludes halogenated alkanes) is 44. The zero-order valence-corrected chi connectivity index (χ0v) is 49.9. The zero-order valence-electron chi connectivity index (χ0n) is 49.9. The summed E-state index contributed by atoms with van der Waals surface area (Å²) < 4.78 is 16.8. The highest BCUT2D eigenvalue weighted by Crippen LogP contribution is 2.17. The van der Waals surface area contributed by atoms with E-state index in [0.717, 1.165) is 64.2 Å². The SMILES string of the molecule is CCCCCCC/C=C\C/C=C\CCCCCCCCCCCCCCCCCC(=O)OCC(COC(=O)CCCCCCCC)OC(=O)CCCCCCCCCCCCC/C=C\CCCCCCCCCC. The highest BCUT2D eigenvalue weighted by molar-refractivity contribution is 5.71. The summed E-state index contributed by atoms with van der Waals surface area (Å²) in [5, 5.41) is 0. The maximum Gasteiger partial charge on any atom is 0.306 e. The molecule has 0 bridgehead atoms. The van der Waals surface area contributed by atoms with E-state index in [9.17, 15) is 14.4 Å². The highest BCUT2D eigenvalue weighted by Gasteiger charge is 2.19. The minimum atomic E-state index is -0.768. The number of rotatable bonds is 61. The van der Waals surface area contributed by atoms with Gasteiger partial charge >= 0.3 is 17.9 Å². The predicted octanol–water partition coefficient (Wildman–Crippen LogP) is 22.4. The lowest BCUT2D eigenvalue weighted by atomic mass is 10.0. The van der Waals surface area contributed by atoms with E-state index in [0.29, 0.717) is 19.3 Å². The van der Waals surface area contributed by atoms with Crippen molar-refractivity contribution in [2.45, 2.75) is 367 Å². The van der Waals surface area contributed by atoms with Gasteiger partial charge in [0, 0.05) is 19.3 Å². The fourth-order valence-corrected chi connectivity index (χ4v) is 9.88. The smallest absolute Gasteiger partial charge is 0.306 e. The Morgan fingerprint density at radius 3 is 0.757 bits per heavy atom. The molecule has 1 atom stereocenters. The molecule has 0 aliphatic rings. The Morgan fingerprint density at radius 2 is 0.486 bits per heavy atom. The average Bonchev–Trinajstić information content (AvgIpc) is 3.40. The molecule has 0 aromatic carbocycles. The molecule has 434 valence electrons. The number of carbonyl (C=O) groups excluding carboxylic acids is 3. The summed E-state index contributed by atoms with van der Waals surface area (Å²) in [5.74, 6) is -0.858. The second-order valence-corrected chi connectivity index (χ2v) is 22.4. The second kappa shape index (κ2) is 63.2. The van der Waals surface area contributed by atoms with Crippen LogP contribution in [0, 0.1) is 0 Å². The van der Waals surface area contributed by atoms with E-state index in [1.54, 1.807) is 0 Å². The van der Waals surface area contributed by atoms with Gasteiger partial charge in [-0.15, -0.1) is 0 Å². The molecular formula is C68H126O6. The van der Waals surface area contributed by atoms with Crippen molar-refractivity contribution < 1.29 is 28.6 Å². The monoisotopic (exact) mass is 1040 g/mol. The Kier molecular flexibility index (Phi) is 61.1. The molecule has 0 rings (SSSR count). The van der Waals surface area contributed by atoms with Crippen LogP contribution >= 0.6 is 0 Å². The molecule has 1 unspecified atom stereocenters. The van der Waals surface area contributed by atoms with Gasteiger partial charge in [-0.3, -0.25) is 14.4 Å². The molecule has 0 aromatic heterocycles. The third-order valence-electron chi connectivity index (χ3n) is 14.9. The van der Waals surface area contributed by atoms with Gasteiger partial charge in [0.2, 0.25) is 0 Å². The summed E-state index contributed by atoms with van der Waals surface area (Å²) >= 11 is 0. The maximum atomic E-state index is 12.9. The highest BCUT2D eigenvalue weighted by atomic mass is 16.6. The molecule has 0 radical (unpaired) electrons. The molecule has 0 N–H and O–H groups in total. The van der Waals surface area contributed by atoms with E-state index in [2.05, 4.69) is 57.2 Å². The van der Waals surface area contributed by atoms with E-state index in [1.807, 2.05) is 0 Å². The largest absolute Gasteiger partial charge is 0.462 e. The molecule has 0 saturated heterocycles. The van der Waals surface area contributed by atoms with E-state index in [4.69, 9.17) is 14.2 Å². The van der Waals surface area contributed by atoms with Gasteiger partial charge in [0.1, 0.15) is 13.2 Å². The van der Waals surface area contributed by atoms with Gasteiger partial charge in [0.05, 0.1) is 0 Å². The first-order valence-electron chi connectivity index (χ1n) is 33.0. The Balaban J connectivity index is 4.02. The van der Waals surface area contributed by atoms with Crippen molar-refractivity contribution in [2.24, 2.45) is 0 Å². The van der Waals surface area contributed by atoms with Crippen molar-refractivity contribution in [3.05, 3.63) is 36.5 Å². The fourth-order valence-electron chi connectivity index (χ4n) is 9.88. The van der Waals surface area contributed by atoms with Crippen LogP contribution < -0.4 is 0 Å². The molecule has 0 spiro atoms. The minimum absolute atomic E-state index is 0.0685. The minimum Gasteiger partial charge on any atom is -0.462 e. The Morgan fingerprint density at radius 1 is 0.270 bits per heavy atom. The van der Waals surface area contributed by atoms with Crippen LogP contribution in [0.4, 0.5) is 0 Å². The molecule has 74 heavy (non-hydrogen) atoms. The third kappa shape index (κ3) is 60.5. The number of ether oxygens (including phenoxy) is 3. The summed E-state index contributed by atoms with van der Waals surface area (Å²) in [6, 6.07) is 0. The second-order valence-electron chi connectivity index (χ2n) is 22.4. The predicted molar refractivity (Wildman–Crippen MR) is 321 cm³/mol. The van der Waals surface area contributed by atoms with Gasteiger partial charge in [-0.1, -0.05) is 301 Å². The van der Waals surface area contributed by atoms with Crippen LogP contribution in [0.5, 0.6) is 0 Å². The third-order valence-corrected chi connectivity index (χ3v) is 14.9. The molecule has 0 heterocycles. The number of esters is 3. The standard InChI is InChI=1S/C68H126O6/c1-4-7-10-13-16-18-20-22-24-26-28-30-32-33-34-35-37-38-40-42-44-46-48-50-52-55-58-61-67(70)73-64-65(63-72-66(69)60-57-54-15-12-9-6-3)74-68(71)62-59-56-53-51-49-47-45-43-41-39-36-31-29-27-25-23-21-19-17-14-11-8-5-2/h20,22,26-29,65H,4-19,21,23-25,30-64H2,1-3H3/b22-20-,28-26-,29-27-. The summed E-state index contributed by atoms with van der Waals surface area (Å²) in [5.41, 5.74) is 0. The molecule has 0 aliphatic heterocycles. The van der Waals surface area contributed by atoms with Crippen molar-refractivity contribution >= 4 is 17.9 Å².